The van der Waals surface area contributed by atoms with Crippen molar-refractivity contribution in [1.29, 1.82) is 0 Å². The standard InChI is InChI=1S/C18H25ClN4O4/c1-2-23(11-16(24)25)13-9-12(10-13)22-18(27)21-8-7-20-17(26)14-5-3-4-6-15(14)19/h3-6,12-13H,2,7-11H2,1H3,(H,20,26)(H,24,25)(H2,21,22,27). The molecule has 27 heavy (non-hydrogen) atoms. The summed E-state index contributed by atoms with van der Waals surface area (Å²) in [6.07, 6.45) is 1.47. The molecule has 148 valence electrons. The zero-order valence-electron chi connectivity index (χ0n) is 15.2. The summed E-state index contributed by atoms with van der Waals surface area (Å²) in [7, 11) is 0. The molecule has 4 N–H and O–H groups in total. The number of carbonyl (C=O) groups is 3. The Balaban J connectivity index is 1.60. The van der Waals surface area contributed by atoms with E-state index >= 15 is 0 Å². The van der Waals surface area contributed by atoms with Gasteiger partial charge in [-0.25, -0.2) is 4.79 Å². The summed E-state index contributed by atoms with van der Waals surface area (Å²) in [5.74, 6) is -1.13. The van der Waals surface area contributed by atoms with Crippen molar-refractivity contribution in [2.24, 2.45) is 0 Å². The van der Waals surface area contributed by atoms with Crippen molar-refractivity contribution in [3.05, 3.63) is 34.9 Å². The van der Waals surface area contributed by atoms with Gasteiger partial charge in [0.2, 0.25) is 0 Å². The molecular formula is C18H25ClN4O4. The second kappa shape index (κ2) is 10.1. The van der Waals surface area contributed by atoms with Crippen molar-refractivity contribution in [3.8, 4) is 0 Å². The van der Waals surface area contributed by atoms with Gasteiger partial charge in [0.15, 0.2) is 0 Å². The first kappa shape index (κ1) is 21.0. The Bertz CT molecular complexity index is 679. The van der Waals surface area contributed by atoms with Gasteiger partial charge in [0.1, 0.15) is 0 Å². The molecule has 1 aromatic rings. The maximum atomic E-state index is 12.0. The van der Waals surface area contributed by atoms with Gasteiger partial charge in [0, 0.05) is 25.2 Å². The van der Waals surface area contributed by atoms with Gasteiger partial charge in [-0.15, -0.1) is 0 Å². The molecule has 0 aromatic heterocycles. The number of nitrogens with zero attached hydrogens (tertiary/aromatic N) is 1. The first-order valence-corrected chi connectivity index (χ1v) is 9.31. The van der Waals surface area contributed by atoms with Crippen molar-refractivity contribution in [3.63, 3.8) is 0 Å². The van der Waals surface area contributed by atoms with Gasteiger partial charge in [-0.2, -0.15) is 0 Å². The van der Waals surface area contributed by atoms with Gasteiger partial charge in [-0.1, -0.05) is 30.7 Å². The lowest BCUT2D eigenvalue weighted by Gasteiger charge is -2.42. The lowest BCUT2D eigenvalue weighted by atomic mass is 9.85. The molecule has 0 heterocycles. The van der Waals surface area contributed by atoms with Crippen LogP contribution in [-0.4, -0.2) is 66.2 Å². The fraction of sp³-hybridized carbons (Fsp3) is 0.500. The first-order chi connectivity index (χ1) is 12.9. The molecule has 0 bridgehead atoms. The van der Waals surface area contributed by atoms with Crippen molar-refractivity contribution < 1.29 is 19.5 Å². The minimum absolute atomic E-state index is 0.0191. The van der Waals surface area contributed by atoms with Gasteiger partial charge in [-0.3, -0.25) is 14.5 Å². The zero-order valence-corrected chi connectivity index (χ0v) is 16.0. The number of hydrogen-bond acceptors (Lipinski definition) is 4. The number of halogens is 1. The molecule has 3 amide bonds. The molecule has 0 radical (unpaired) electrons. The number of carboxylic acid groups (broad SMARTS) is 1. The van der Waals surface area contributed by atoms with Crippen molar-refractivity contribution >= 4 is 29.5 Å². The van der Waals surface area contributed by atoms with Gasteiger partial charge in [0.05, 0.1) is 17.1 Å². The maximum absolute atomic E-state index is 12.0. The third kappa shape index (κ3) is 6.41. The highest BCUT2D eigenvalue weighted by Gasteiger charge is 2.34. The Kier molecular flexibility index (Phi) is 7.87. The summed E-state index contributed by atoms with van der Waals surface area (Å²) in [6.45, 7) is 3.19. The summed E-state index contributed by atoms with van der Waals surface area (Å²) >= 11 is 5.96. The highest BCUT2D eigenvalue weighted by molar-refractivity contribution is 6.33. The van der Waals surface area contributed by atoms with E-state index in [1.807, 2.05) is 11.8 Å². The van der Waals surface area contributed by atoms with Crippen LogP contribution in [0.1, 0.15) is 30.1 Å². The lowest BCUT2D eigenvalue weighted by Crippen LogP contribution is -2.56. The molecule has 2 rings (SSSR count). The van der Waals surface area contributed by atoms with E-state index in [4.69, 9.17) is 16.7 Å². The SMILES string of the molecule is CCN(CC(=O)O)C1CC(NC(=O)NCCNC(=O)c2ccccc2Cl)C1. The topological polar surface area (TPSA) is 111 Å². The number of nitrogens with one attached hydrogen (secondary N) is 3. The average Bonchev–Trinajstić information content (AvgIpc) is 2.59. The fourth-order valence-corrected chi connectivity index (χ4v) is 3.23. The quantitative estimate of drug-likeness (QED) is 0.470. The number of hydrogen-bond donors (Lipinski definition) is 4. The van der Waals surface area contributed by atoms with Crippen LogP contribution < -0.4 is 16.0 Å². The highest BCUT2D eigenvalue weighted by Crippen LogP contribution is 2.25. The van der Waals surface area contributed by atoms with Crippen LogP contribution in [0.3, 0.4) is 0 Å². The van der Waals surface area contributed by atoms with Crippen LogP contribution >= 0.6 is 11.6 Å². The fourth-order valence-electron chi connectivity index (χ4n) is 3.01. The number of aliphatic carboxylic acids is 1. The molecule has 1 aromatic carbocycles. The molecule has 1 aliphatic rings. The molecule has 0 atom stereocenters. The van der Waals surface area contributed by atoms with Gasteiger partial charge in [0.25, 0.3) is 5.91 Å². The maximum Gasteiger partial charge on any atom is 0.317 e. The van der Waals surface area contributed by atoms with E-state index in [1.165, 1.54) is 0 Å². The molecule has 9 heteroatoms. The number of carboxylic acids is 1. The van der Waals surface area contributed by atoms with Crippen LogP contribution in [0.2, 0.25) is 5.02 Å². The predicted molar refractivity (Wildman–Crippen MR) is 102 cm³/mol. The Morgan fingerprint density at radius 3 is 2.48 bits per heavy atom. The number of likely N-dealkylation sites (N-methyl/N-ethyl adjacent to an activating group) is 1. The third-order valence-corrected chi connectivity index (χ3v) is 4.85. The summed E-state index contributed by atoms with van der Waals surface area (Å²) in [4.78, 5) is 36.6. The number of carbonyl (C=O) groups excluding carboxylic acids is 2. The number of rotatable bonds is 9. The highest BCUT2D eigenvalue weighted by atomic mass is 35.5. The largest absolute Gasteiger partial charge is 0.480 e. The predicted octanol–water partition coefficient (Wildman–Crippen LogP) is 1.31. The number of benzene rings is 1. The van der Waals surface area contributed by atoms with Crippen LogP contribution in [-0.2, 0) is 4.79 Å². The smallest absolute Gasteiger partial charge is 0.317 e. The third-order valence-electron chi connectivity index (χ3n) is 4.52. The van der Waals surface area contributed by atoms with E-state index < -0.39 is 5.97 Å². The summed E-state index contributed by atoms with van der Waals surface area (Å²) in [6, 6.07) is 6.68. The molecule has 1 saturated carbocycles. The second-order valence-electron chi connectivity index (χ2n) is 6.41. The van der Waals surface area contributed by atoms with Crippen molar-refractivity contribution in [2.45, 2.75) is 31.8 Å². The Morgan fingerprint density at radius 1 is 1.19 bits per heavy atom. The number of amides is 3. The average molecular weight is 397 g/mol. The molecular weight excluding hydrogens is 372 g/mol. The van der Waals surface area contributed by atoms with Crippen LogP contribution in [0.5, 0.6) is 0 Å². The van der Waals surface area contributed by atoms with Crippen molar-refractivity contribution in [1.82, 2.24) is 20.9 Å². The zero-order chi connectivity index (χ0) is 19.8. The van der Waals surface area contributed by atoms with Crippen molar-refractivity contribution in [2.75, 3.05) is 26.2 Å². The van der Waals surface area contributed by atoms with Gasteiger partial charge < -0.3 is 21.1 Å². The summed E-state index contributed by atoms with van der Waals surface area (Å²) < 4.78 is 0. The van der Waals surface area contributed by atoms with E-state index in [2.05, 4.69) is 16.0 Å². The molecule has 8 nitrogen and oxygen atoms in total. The molecule has 0 aliphatic heterocycles. The second-order valence-corrected chi connectivity index (χ2v) is 6.82. The van der Waals surface area contributed by atoms with Gasteiger partial charge >= 0.3 is 12.0 Å². The molecule has 0 unspecified atom stereocenters. The van der Waals surface area contributed by atoms with E-state index in [1.54, 1.807) is 24.3 Å². The van der Waals surface area contributed by atoms with E-state index in [-0.39, 0.29) is 43.7 Å². The van der Waals surface area contributed by atoms with E-state index in [9.17, 15) is 14.4 Å². The Hall–Kier alpha value is -2.32. The monoisotopic (exact) mass is 396 g/mol. The molecule has 0 saturated heterocycles. The summed E-state index contributed by atoms with van der Waals surface area (Å²) in [5.41, 5.74) is 0.394. The minimum Gasteiger partial charge on any atom is -0.480 e. The van der Waals surface area contributed by atoms with E-state index in [0.717, 1.165) is 12.8 Å². The minimum atomic E-state index is -0.843. The molecule has 1 aliphatic carbocycles. The Labute approximate surface area is 163 Å². The normalized spacial score (nSPS) is 18.5. The van der Waals surface area contributed by atoms with Crippen LogP contribution in [0.25, 0.3) is 0 Å². The number of urea groups is 1. The van der Waals surface area contributed by atoms with Gasteiger partial charge in [-0.05, 0) is 31.5 Å². The molecule has 0 spiro atoms. The lowest BCUT2D eigenvalue weighted by molar-refractivity contribution is -0.139. The molecule has 1 fully saturated rings. The van der Waals surface area contributed by atoms with Crippen LogP contribution in [0.4, 0.5) is 4.79 Å². The van der Waals surface area contributed by atoms with E-state index in [0.29, 0.717) is 17.1 Å². The first-order valence-electron chi connectivity index (χ1n) is 8.93. The Morgan fingerprint density at radius 2 is 1.85 bits per heavy atom. The summed E-state index contributed by atoms with van der Waals surface area (Å²) in [5, 5.41) is 17.5. The van der Waals surface area contributed by atoms with Crippen LogP contribution in [0.15, 0.2) is 24.3 Å². The van der Waals surface area contributed by atoms with Crippen LogP contribution in [0, 0.1) is 0 Å².